The van der Waals surface area contributed by atoms with Crippen molar-refractivity contribution in [2.75, 3.05) is 19.6 Å². The molecular weight excluding hydrogens is 757 g/mol. The Bertz CT molecular complexity index is 1150. The molecule has 4 amide bonds. The van der Waals surface area contributed by atoms with Crippen LogP contribution < -0.4 is 32.7 Å². The van der Waals surface area contributed by atoms with E-state index in [-0.39, 0.29) is 36.3 Å². The van der Waals surface area contributed by atoms with Crippen molar-refractivity contribution in [1.29, 1.82) is 0 Å². The van der Waals surface area contributed by atoms with E-state index in [1.54, 1.807) is 0 Å². The molecule has 15 heteroatoms. The first-order chi connectivity index (χ1) is 28.4. The quantitative estimate of drug-likeness (QED) is 0.0274. The molecule has 1 saturated carbocycles. The Morgan fingerprint density at radius 3 is 1.54 bits per heavy atom. The molecule has 1 unspecified atom stereocenters. The van der Waals surface area contributed by atoms with E-state index in [2.05, 4.69) is 21.3 Å². The summed E-state index contributed by atoms with van der Waals surface area (Å²) in [6.07, 6.45) is 29.0. The minimum atomic E-state index is -1.19. The minimum Gasteiger partial charge on any atom is -0.481 e. The van der Waals surface area contributed by atoms with E-state index in [0.29, 0.717) is 58.0 Å². The first-order valence-corrected chi connectivity index (χ1v) is 22.8. The highest BCUT2D eigenvalue weighted by Gasteiger charge is 2.18. The number of amides is 4. The van der Waals surface area contributed by atoms with Gasteiger partial charge in [-0.05, 0) is 83.5 Å². The molecule has 1 aliphatic carbocycles. The van der Waals surface area contributed by atoms with Crippen LogP contribution in [0.1, 0.15) is 193 Å². The lowest BCUT2D eigenvalue weighted by Gasteiger charge is -2.21. The topological polar surface area (TPSA) is 260 Å². The third kappa shape index (κ3) is 36.0. The van der Waals surface area contributed by atoms with Crippen molar-refractivity contribution >= 4 is 41.9 Å². The highest BCUT2D eigenvalue weighted by Crippen LogP contribution is 2.23. The number of Topliss-reactive ketones (excluding diaryl/α,β-unsaturated/α-hetero) is 1. The minimum absolute atomic E-state index is 0.00560. The molecule has 0 bridgehead atoms. The largest absolute Gasteiger partial charge is 0.481 e. The molecular formula is C44H82N6O9. The van der Waals surface area contributed by atoms with E-state index in [9.17, 15) is 33.6 Å². The van der Waals surface area contributed by atoms with Gasteiger partial charge in [0.2, 0.25) is 24.1 Å². The van der Waals surface area contributed by atoms with Crippen LogP contribution in [0.25, 0.3) is 0 Å². The normalized spacial score (nSPS) is 14.2. The van der Waals surface area contributed by atoms with Gasteiger partial charge in [0.05, 0.1) is 12.1 Å². The lowest BCUT2D eigenvalue weighted by atomic mass is 9.89. The van der Waals surface area contributed by atoms with Crippen molar-refractivity contribution in [2.45, 2.75) is 211 Å². The molecule has 10 N–H and O–H groups in total. The fourth-order valence-corrected chi connectivity index (χ4v) is 7.03. The van der Waals surface area contributed by atoms with E-state index in [0.717, 1.165) is 44.6 Å². The second-order valence-corrected chi connectivity index (χ2v) is 16.3. The highest BCUT2D eigenvalue weighted by atomic mass is 16.4. The number of unbranched alkanes of at least 4 members (excludes halogenated alkanes) is 15. The Kier molecular flexibility index (Phi) is 36.3. The predicted molar refractivity (Wildman–Crippen MR) is 231 cm³/mol. The summed E-state index contributed by atoms with van der Waals surface area (Å²) >= 11 is 0. The Hall–Kier alpha value is -3.59. The summed E-state index contributed by atoms with van der Waals surface area (Å²) in [4.78, 5) is 78.1. The van der Waals surface area contributed by atoms with Gasteiger partial charge < -0.3 is 42.9 Å². The summed E-state index contributed by atoms with van der Waals surface area (Å²) in [5.74, 6) is -1.45. The zero-order valence-corrected chi connectivity index (χ0v) is 36.4. The van der Waals surface area contributed by atoms with E-state index in [1.807, 2.05) is 0 Å². The van der Waals surface area contributed by atoms with Crippen molar-refractivity contribution in [1.82, 2.24) is 21.3 Å². The average Bonchev–Trinajstić information content (AvgIpc) is 3.21. The molecule has 0 aromatic carbocycles. The second-order valence-electron chi connectivity index (χ2n) is 16.3. The van der Waals surface area contributed by atoms with Crippen molar-refractivity contribution in [3.63, 3.8) is 0 Å². The lowest BCUT2D eigenvalue weighted by Crippen LogP contribution is -2.41. The maximum absolute atomic E-state index is 11.9. The molecule has 342 valence electrons. The third-order valence-corrected chi connectivity index (χ3v) is 10.9. The van der Waals surface area contributed by atoms with Crippen LogP contribution in [-0.2, 0) is 33.6 Å². The Morgan fingerprint density at radius 2 is 1.05 bits per heavy atom. The molecule has 3 atom stereocenters. The zero-order valence-electron chi connectivity index (χ0n) is 36.4. The van der Waals surface area contributed by atoms with Gasteiger partial charge in [-0.15, -0.1) is 0 Å². The fraction of sp³-hybridized carbons (Fsp3) is 0.841. The highest BCUT2D eigenvalue weighted by molar-refractivity contribution is 5.82. The predicted octanol–water partition coefficient (Wildman–Crippen LogP) is 5.79. The number of carbonyl (C=O) groups is 7. The number of nitrogens with two attached hydrogens (primary N) is 2. The number of ketones is 1. The molecule has 59 heavy (non-hydrogen) atoms. The standard InChI is InChI=1S/C25H47NO3.C19H35N5O6/c27-24(26-22-23-18-14-13-15-19-23)20-16-11-9-7-5-3-1-2-4-6-8-10-12-17-21-25(28)29;1-13(26)14(20)6-2-5-11-23-18(28)15(21)7-3-4-10-22-17(27)9-8-16(19(29)30)24-12-25/h23H,1-22H2,(H,26,27)(H,28,29);12,14-16H,2-11,20-21H2,1H3,(H,22,27)(H,23,28)(H,24,25)(H,29,30)/t;14-,15?,16-/m.0/s1. The van der Waals surface area contributed by atoms with Gasteiger partial charge in [0.15, 0.2) is 0 Å². The summed E-state index contributed by atoms with van der Waals surface area (Å²) in [6.45, 7) is 3.23. The Labute approximate surface area is 354 Å². The molecule has 0 saturated heterocycles. The van der Waals surface area contributed by atoms with E-state index < -0.39 is 30.1 Å². The van der Waals surface area contributed by atoms with E-state index in [1.165, 1.54) is 110 Å². The SMILES string of the molecule is CC(=O)[C@@H](N)CCCCNC(=O)C(N)CCCCNC(=O)CC[C@H](NC=O)C(=O)O.O=C(O)CCCCCCCCCCCCCCCCC(=O)NCC1CCCCC1. The second kappa shape index (κ2) is 38.6. The van der Waals surface area contributed by atoms with E-state index >= 15 is 0 Å². The number of carboxylic acids is 2. The van der Waals surface area contributed by atoms with Crippen LogP contribution in [0.4, 0.5) is 0 Å². The van der Waals surface area contributed by atoms with Gasteiger partial charge in [0.25, 0.3) is 0 Å². The molecule has 15 nitrogen and oxygen atoms in total. The molecule has 1 rings (SSSR count). The van der Waals surface area contributed by atoms with Crippen LogP contribution in [0.5, 0.6) is 0 Å². The van der Waals surface area contributed by atoms with Gasteiger partial charge in [-0.1, -0.05) is 96.3 Å². The van der Waals surface area contributed by atoms with Gasteiger partial charge in [-0.2, -0.15) is 0 Å². The summed E-state index contributed by atoms with van der Waals surface area (Å²) in [7, 11) is 0. The summed E-state index contributed by atoms with van der Waals surface area (Å²) < 4.78 is 0. The Balaban J connectivity index is 0.00000114. The summed E-state index contributed by atoms with van der Waals surface area (Å²) in [5.41, 5.74) is 11.5. The smallest absolute Gasteiger partial charge is 0.326 e. The van der Waals surface area contributed by atoms with Crippen molar-refractivity contribution < 1.29 is 43.8 Å². The molecule has 1 aliphatic rings. The average molecular weight is 839 g/mol. The third-order valence-electron chi connectivity index (χ3n) is 10.9. The number of rotatable bonds is 37. The lowest BCUT2D eigenvalue weighted by molar-refractivity contribution is -0.141. The Morgan fingerprint density at radius 1 is 0.576 bits per heavy atom. The maximum atomic E-state index is 11.9. The van der Waals surface area contributed by atoms with Crippen molar-refractivity contribution in [3.8, 4) is 0 Å². The maximum Gasteiger partial charge on any atom is 0.326 e. The van der Waals surface area contributed by atoms with Gasteiger partial charge in [-0.3, -0.25) is 28.8 Å². The molecule has 0 aromatic heterocycles. The molecule has 1 fully saturated rings. The number of aliphatic carboxylic acids is 2. The molecule has 0 aromatic rings. The van der Waals surface area contributed by atoms with Crippen LogP contribution >= 0.6 is 0 Å². The van der Waals surface area contributed by atoms with Crippen LogP contribution in [0.2, 0.25) is 0 Å². The van der Waals surface area contributed by atoms with Crippen LogP contribution in [0.15, 0.2) is 0 Å². The number of carbonyl (C=O) groups excluding carboxylic acids is 5. The summed E-state index contributed by atoms with van der Waals surface area (Å²) in [5, 5.41) is 28.1. The number of hydrogen-bond donors (Lipinski definition) is 8. The van der Waals surface area contributed by atoms with Crippen molar-refractivity contribution in [3.05, 3.63) is 0 Å². The van der Waals surface area contributed by atoms with Gasteiger partial charge in [0.1, 0.15) is 11.8 Å². The molecule has 0 heterocycles. The first kappa shape index (κ1) is 55.4. The molecule has 0 spiro atoms. The van der Waals surface area contributed by atoms with Crippen molar-refractivity contribution in [2.24, 2.45) is 17.4 Å². The van der Waals surface area contributed by atoms with Gasteiger partial charge in [-0.25, -0.2) is 4.79 Å². The summed E-state index contributed by atoms with van der Waals surface area (Å²) in [6, 6.07) is -2.17. The van der Waals surface area contributed by atoms with E-state index in [4.69, 9.17) is 21.7 Å². The van der Waals surface area contributed by atoms with Crippen LogP contribution in [0.3, 0.4) is 0 Å². The first-order valence-electron chi connectivity index (χ1n) is 22.8. The zero-order chi connectivity index (χ0) is 43.9. The van der Waals surface area contributed by atoms with Gasteiger partial charge in [0, 0.05) is 38.9 Å². The van der Waals surface area contributed by atoms with Gasteiger partial charge >= 0.3 is 11.9 Å². The fourth-order valence-electron chi connectivity index (χ4n) is 7.03. The monoisotopic (exact) mass is 839 g/mol. The molecule has 0 radical (unpaired) electrons. The number of hydrogen-bond acceptors (Lipinski definition) is 9. The number of carboxylic acid groups (broad SMARTS) is 2. The molecule has 0 aliphatic heterocycles. The van der Waals surface area contributed by atoms with Crippen LogP contribution in [-0.4, -0.2) is 89.8 Å². The number of nitrogens with one attached hydrogen (secondary N) is 4. The van der Waals surface area contributed by atoms with Crippen LogP contribution in [0, 0.1) is 5.92 Å².